The Morgan fingerprint density at radius 2 is 2.22 bits per heavy atom. The zero-order valence-corrected chi connectivity index (χ0v) is 12.0. The summed E-state index contributed by atoms with van der Waals surface area (Å²) in [7, 11) is 6.31. The Bertz CT molecular complexity index is 358. The van der Waals surface area contributed by atoms with Crippen molar-refractivity contribution < 1.29 is 0 Å². The fourth-order valence-electron chi connectivity index (χ4n) is 2.79. The van der Waals surface area contributed by atoms with Gasteiger partial charge >= 0.3 is 0 Å². The minimum absolute atomic E-state index is 0.751. The van der Waals surface area contributed by atoms with Gasteiger partial charge in [0.2, 0.25) is 0 Å². The van der Waals surface area contributed by atoms with Crippen molar-refractivity contribution in [1.82, 2.24) is 19.6 Å². The molecule has 1 fully saturated rings. The first kappa shape index (κ1) is 13.6. The monoisotopic (exact) mass is 250 g/mol. The topological polar surface area (TPSA) is 24.3 Å². The molecule has 0 aromatic carbocycles. The highest BCUT2D eigenvalue weighted by molar-refractivity contribution is 5.04. The number of likely N-dealkylation sites (tertiary alicyclic amines) is 1. The Balaban J connectivity index is 1.90. The van der Waals surface area contributed by atoms with Crippen LogP contribution in [0.2, 0.25) is 0 Å². The van der Waals surface area contributed by atoms with E-state index in [1.54, 1.807) is 0 Å². The normalized spacial score (nSPS) is 21.7. The van der Waals surface area contributed by atoms with Gasteiger partial charge in [-0.25, -0.2) is 0 Å². The number of nitrogens with zero attached hydrogens (tertiary/aromatic N) is 4. The van der Waals surface area contributed by atoms with Crippen molar-refractivity contribution in [1.29, 1.82) is 0 Å². The van der Waals surface area contributed by atoms with Crippen LogP contribution in [-0.4, -0.2) is 52.8 Å². The molecule has 0 saturated carbocycles. The quantitative estimate of drug-likeness (QED) is 0.795. The molecule has 4 heteroatoms. The second kappa shape index (κ2) is 6.34. The molecule has 1 aliphatic heterocycles. The summed E-state index contributed by atoms with van der Waals surface area (Å²) in [4.78, 5) is 4.93. The van der Waals surface area contributed by atoms with Crippen LogP contribution >= 0.6 is 0 Å². The molecule has 1 saturated heterocycles. The maximum Gasteiger partial charge on any atom is 0.0534 e. The van der Waals surface area contributed by atoms with Crippen LogP contribution in [-0.2, 0) is 13.6 Å². The second-order valence-corrected chi connectivity index (χ2v) is 5.73. The molecule has 0 N–H and O–H groups in total. The van der Waals surface area contributed by atoms with E-state index in [1.807, 2.05) is 17.9 Å². The van der Waals surface area contributed by atoms with E-state index in [-0.39, 0.29) is 0 Å². The van der Waals surface area contributed by atoms with E-state index in [4.69, 9.17) is 0 Å². The van der Waals surface area contributed by atoms with Gasteiger partial charge in [0, 0.05) is 31.4 Å². The van der Waals surface area contributed by atoms with Crippen LogP contribution in [0.1, 0.15) is 31.2 Å². The average Bonchev–Trinajstić information content (AvgIpc) is 2.73. The van der Waals surface area contributed by atoms with Gasteiger partial charge in [0.05, 0.1) is 6.20 Å². The number of hydrogen-bond donors (Lipinski definition) is 0. The van der Waals surface area contributed by atoms with Crippen molar-refractivity contribution in [2.45, 2.75) is 38.3 Å². The van der Waals surface area contributed by atoms with Crippen molar-refractivity contribution in [2.75, 3.05) is 27.2 Å². The van der Waals surface area contributed by atoms with Gasteiger partial charge in [-0.3, -0.25) is 9.58 Å². The van der Waals surface area contributed by atoms with Crippen molar-refractivity contribution in [3.63, 3.8) is 0 Å². The van der Waals surface area contributed by atoms with Gasteiger partial charge in [-0.05, 0) is 46.4 Å². The largest absolute Gasteiger partial charge is 0.309 e. The lowest BCUT2D eigenvalue weighted by molar-refractivity contribution is 0.124. The van der Waals surface area contributed by atoms with Crippen molar-refractivity contribution in [2.24, 2.45) is 7.05 Å². The molecule has 1 atom stereocenters. The lowest BCUT2D eigenvalue weighted by Gasteiger charge is -2.36. The molecule has 1 unspecified atom stereocenters. The molecular weight excluding hydrogens is 224 g/mol. The smallest absolute Gasteiger partial charge is 0.0534 e. The highest BCUT2D eigenvalue weighted by Crippen LogP contribution is 2.21. The number of aryl methyl sites for hydroxylation is 1. The van der Waals surface area contributed by atoms with E-state index in [9.17, 15) is 0 Å². The third-order valence-electron chi connectivity index (χ3n) is 3.80. The molecule has 0 bridgehead atoms. The van der Waals surface area contributed by atoms with Gasteiger partial charge in [0.15, 0.2) is 0 Å². The van der Waals surface area contributed by atoms with E-state index in [2.05, 4.69) is 35.2 Å². The van der Waals surface area contributed by atoms with Crippen LogP contribution in [0.25, 0.3) is 0 Å². The summed E-state index contributed by atoms with van der Waals surface area (Å²) in [5.74, 6) is 0. The molecule has 102 valence electrons. The standard InChI is InChI=1S/C14H26N4/c1-16(2)9-7-14-6-4-5-8-18(14)12-13-10-15-17(3)11-13/h10-11,14H,4-9,12H2,1-3H3. The Labute approximate surface area is 111 Å². The summed E-state index contributed by atoms with van der Waals surface area (Å²) in [6.07, 6.45) is 9.51. The zero-order chi connectivity index (χ0) is 13.0. The molecule has 0 radical (unpaired) electrons. The van der Waals surface area contributed by atoms with E-state index in [0.717, 1.165) is 12.6 Å². The van der Waals surface area contributed by atoms with E-state index in [1.165, 1.54) is 44.3 Å². The predicted molar refractivity (Wildman–Crippen MR) is 74.4 cm³/mol. The Morgan fingerprint density at radius 3 is 2.89 bits per heavy atom. The number of piperidine rings is 1. The molecule has 1 aliphatic rings. The van der Waals surface area contributed by atoms with Crippen molar-refractivity contribution in [3.05, 3.63) is 18.0 Å². The van der Waals surface area contributed by atoms with Gasteiger partial charge in [-0.1, -0.05) is 6.42 Å². The van der Waals surface area contributed by atoms with Crippen LogP contribution in [0.4, 0.5) is 0 Å². The molecule has 0 aliphatic carbocycles. The van der Waals surface area contributed by atoms with Crippen molar-refractivity contribution in [3.8, 4) is 0 Å². The number of hydrogen-bond acceptors (Lipinski definition) is 3. The fraction of sp³-hybridized carbons (Fsp3) is 0.786. The summed E-state index contributed by atoms with van der Waals surface area (Å²) in [5, 5.41) is 4.26. The fourth-order valence-corrected chi connectivity index (χ4v) is 2.79. The van der Waals surface area contributed by atoms with Gasteiger partial charge in [-0.2, -0.15) is 5.10 Å². The first-order valence-corrected chi connectivity index (χ1v) is 7.01. The Morgan fingerprint density at radius 1 is 1.39 bits per heavy atom. The van der Waals surface area contributed by atoms with Crippen LogP contribution < -0.4 is 0 Å². The lowest BCUT2D eigenvalue weighted by atomic mass is 9.98. The van der Waals surface area contributed by atoms with E-state index < -0.39 is 0 Å². The molecular formula is C14H26N4. The molecule has 2 heterocycles. The third kappa shape index (κ3) is 3.82. The summed E-state index contributed by atoms with van der Waals surface area (Å²) in [6.45, 7) is 3.49. The molecule has 0 amide bonds. The summed E-state index contributed by atoms with van der Waals surface area (Å²) < 4.78 is 1.90. The van der Waals surface area contributed by atoms with Crippen LogP contribution in [0.15, 0.2) is 12.4 Å². The summed E-state index contributed by atoms with van der Waals surface area (Å²) in [5.41, 5.74) is 1.34. The molecule has 0 spiro atoms. The zero-order valence-electron chi connectivity index (χ0n) is 12.0. The van der Waals surface area contributed by atoms with Gasteiger partial charge in [0.1, 0.15) is 0 Å². The number of rotatable bonds is 5. The van der Waals surface area contributed by atoms with Gasteiger partial charge in [0.25, 0.3) is 0 Å². The first-order chi connectivity index (χ1) is 8.65. The maximum atomic E-state index is 4.26. The second-order valence-electron chi connectivity index (χ2n) is 5.73. The first-order valence-electron chi connectivity index (χ1n) is 7.01. The van der Waals surface area contributed by atoms with E-state index >= 15 is 0 Å². The maximum absolute atomic E-state index is 4.26. The highest BCUT2D eigenvalue weighted by atomic mass is 15.2. The SMILES string of the molecule is CN(C)CCC1CCCCN1Cc1cnn(C)c1. The van der Waals surface area contributed by atoms with Gasteiger partial charge in [-0.15, -0.1) is 0 Å². The average molecular weight is 250 g/mol. The molecule has 1 aromatic rings. The minimum atomic E-state index is 0.751. The Hall–Kier alpha value is -0.870. The van der Waals surface area contributed by atoms with Crippen molar-refractivity contribution >= 4 is 0 Å². The van der Waals surface area contributed by atoms with Crippen LogP contribution in [0, 0.1) is 0 Å². The molecule has 1 aromatic heterocycles. The highest BCUT2D eigenvalue weighted by Gasteiger charge is 2.22. The lowest BCUT2D eigenvalue weighted by Crippen LogP contribution is -2.40. The van der Waals surface area contributed by atoms with Gasteiger partial charge < -0.3 is 4.90 Å². The molecule has 4 nitrogen and oxygen atoms in total. The molecule has 2 rings (SSSR count). The minimum Gasteiger partial charge on any atom is -0.309 e. The predicted octanol–water partition coefficient (Wildman–Crippen LogP) is 1.73. The Kier molecular flexibility index (Phi) is 4.78. The van der Waals surface area contributed by atoms with Crippen LogP contribution in [0.5, 0.6) is 0 Å². The van der Waals surface area contributed by atoms with E-state index in [0.29, 0.717) is 0 Å². The third-order valence-corrected chi connectivity index (χ3v) is 3.80. The molecule has 18 heavy (non-hydrogen) atoms. The summed E-state index contributed by atoms with van der Waals surface area (Å²) >= 11 is 0. The number of aromatic nitrogens is 2. The van der Waals surface area contributed by atoms with Crippen LogP contribution in [0.3, 0.4) is 0 Å². The summed E-state index contributed by atoms with van der Waals surface area (Å²) in [6, 6.07) is 0.751.